The van der Waals surface area contributed by atoms with Crippen LogP contribution in [0.2, 0.25) is 0 Å². The summed E-state index contributed by atoms with van der Waals surface area (Å²) in [5.41, 5.74) is 0. The fraction of sp³-hybridized carbons (Fsp3) is 0.312. The minimum Gasteiger partial charge on any atom is -0.435 e. The quantitative estimate of drug-likeness (QED) is 0.126. The van der Waals surface area contributed by atoms with E-state index in [0.29, 0.717) is 0 Å². The minimum atomic E-state index is -1.18. The molecule has 0 rings (SSSR count). The Morgan fingerprint density at radius 2 is 1.33 bits per heavy atom. The molecule has 0 radical (unpaired) electrons. The monoisotopic (exact) mass is 340 g/mol. The second kappa shape index (κ2) is 12.7. The zero-order valence-electron chi connectivity index (χ0n) is 13.2. The zero-order valence-corrected chi connectivity index (χ0v) is 13.2. The molecule has 8 heteroatoms. The molecule has 132 valence electrons. The maximum Gasteiger partial charge on any atom is 0.315 e. The summed E-state index contributed by atoms with van der Waals surface area (Å²) in [4.78, 5) is 45.0. The molecule has 0 spiro atoms. The van der Waals surface area contributed by atoms with Crippen LogP contribution in [0.25, 0.3) is 0 Å². The summed E-state index contributed by atoms with van der Waals surface area (Å²) in [6.45, 7) is 13.0. The molecule has 24 heavy (non-hydrogen) atoms. The first-order chi connectivity index (χ1) is 11.5. The van der Waals surface area contributed by atoms with Gasteiger partial charge in [-0.25, -0.2) is 0 Å². The van der Waals surface area contributed by atoms with Crippen molar-refractivity contribution in [2.75, 3.05) is 6.61 Å². The molecular weight excluding hydrogens is 320 g/mol. The van der Waals surface area contributed by atoms with Crippen molar-refractivity contribution < 1.29 is 38.4 Å². The van der Waals surface area contributed by atoms with Gasteiger partial charge in [0, 0.05) is 0 Å². The third-order valence-electron chi connectivity index (χ3n) is 2.74. The Hall–Kier alpha value is -2.87. The Balaban J connectivity index is 5.28. The van der Waals surface area contributed by atoms with Crippen LogP contribution in [-0.4, -0.2) is 24.5 Å². The van der Waals surface area contributed by atoms with E-state index in [9.17, 15) is 14.4 Å². The molecule has 8 nitrogen and oxygen atoms in total. The largest absolute Gasteiger partial charge is 0.435 e. The summed E-state index contributed by atoms with van der Waals surface area (Å²) in [6.07, 6.45) is 3.32. The Kier molecular flexibility index (Phi) is 11.1. The van der Waals surface area contributed by atoms with Gasteiger partial charge >= 0.3 is 17.9 Å². The van der Waals surface area contributed by atoms with Crippen LogP contribution in [0.5, 0.6) is 0 Å². The molecule has 0 fully saturated rings. The predicted octanol–water partition coefficient (Wildman–Crippen LogP) is 2.15. The van der Waals surface area contributed by atoms with E-state index in [4.69, 9.17) is 9.62 Å². The van der Waals surface area contributed by atoms with Gasteiger partial charge in [-0.1, -0.05) is 26.3 Å². The maximum absolute atomic E-state index is 12.1. The van der Waals surface area contributed by atoms with Crippen molar-refractivity contribution in [3.63, 3.8) is 0 Å². The minimum absolute atomic E-state index is 0.00120. The standard InChI is InChI=1S/C16H20O8/c1-5-20-14(17)11-13(16(19)22-7-3)12(15(18)21-6-2)9-10-24-23-8-4/h5-8,12-13H,1-4,9-11H2. The van der Waals surface area contributed by atoms with Gasteiger partial charge in [0.15, 0.2) is 0 Å². The fourth-order valence-corrected chi connectivity index (χ4v) is 1.80. The number of carbonyl (C=O) groups is 3. The number of esters is 3. The number of carbonyl (C=O) groups excluding carboxylic acids is 3. The zero-order chi connectivity index (χ0) is 18.4. The highest BCUT2D eigenvalue weighted by molar-refractivity contribution is 5.86. The molecule has 0 aliphatic carbocycles. The Labute approximate surface area is 139 Å². The molecule has 0 bridgehead atoms. The van der Waals surface area contributed by atoms with Crippen molar-refractivity contribution in [1.82, 2.24) is 0 Å². The second-order valence-corrected chi connectivity index (χ2v) is 4.15. The lowest BCUT2D eigenvalue weighted by molar-refractivity contribution is -0.251. The average Bonchev–Trinajstić information content (AvgIpc) is 2.54. The lowest BCUT2D eigenvalue weighted by Crippen LogP contribution is -2.34. The summed E-state index contributed by atoms with van der Waals surface area (Å²) < 4.78 is 14.0. The molecule has 0 aromatic heterocycles. The Bertz CT molecular complexity index is 482. The van der Waals surface area contributed by atoms with E-state index >= 15 is 0 Å². The van der Waals surface area contributed by atoms with Crippen molar-refractivity contribution in [3.05, 3.63) is 51.4 Å². The first-order valence-corrected chi connectivity index (χ1v) is 6.84. The third-order valence-corrected chi connectivity index (χ3v) is 2.74. The smallest absolute Gasteiger partial charge is 0.315 e. The van der Waals surface area contributed by atoms with Gasteiger partial charge in [0.1, 0.15) is 6.26 Å². The van der Waals surface area contributed by atoms with E-state index in [1.165, 1.54) is 0 Å². The summed E-state index contributed by atoms with van der Waals surface area (Å²) in [5, 5.41) is 0. The summed E-state index contributed by atoms with van der Waals surface area (Å²) in [7, 11) is 0. The second-order valence-electron chi connectivity index (χ2n) is 4.15. The molecule has 0 heterocycles. The topological polar surface area (TPSA) is 97.4 Å². The van der Waals surface area contributed by atoms with E-state index < -0.39 is 36.2 Å². The highest BCUT2D eigenvalue weighted by atomic mass is 17.2. The summed E-state index contributed by atoms with van der Waals surface area (Å²) in [5.74, 6) is -4.65. The van der Waals surface area contributed by atoms with Crippen LogP contribution in [0.1, 0.15) is 12.8 Å². The van der Waals surface area contributed by atoms with Crippen LogP contribution in [0.4, 0.5) is 0 Å². The molecule has 0 saturated carbocycles. The number of rotatable bonds is 13. The summed E-state index contributed by atoms with van der Waals surface area (Å²) >= 11 is 0. The van der Waals surface area contributed by atoms with Crippen LogP contribution in [0.3, 0.4) is 0 Å². The van der Waals surface area contributed by atoms with E-state index in [-0.39, 0.29) is 13.0 Å². The van der Waals surface area contributed by atoms with Gasteiger partial charge in [-0.2, -0.15) is 4.89 Å². The molecule has 0 aromatic rings. The van der Waals surface area contributed by atoms with Gasteiger partial charge < -0.3 is 19.1 Å². The molecule has 0 aromatic carbocycles. The van der Waals surface area contributed by atoms with Crippen LogP contribution in [0.15, 0.2) is 51.4 Å². The first-order valence-electron chi connectivity index (χ1n) is 6.84. The van der Waals surface area contributed by atoms with Crippen molar-refractivity contribution in [2.24, 2.45) is 11.8 Å². The van der Waals surface area contributed by atoms with Crippen molar-refractivity contribution in [3.8, 4) is 0 Å². The molecule has 2 atom stereocenters. The average molecular weight is 340 g/mol. The Morgan fingerprint density at radius 3 is 1.83 bits per heavy atom. The van der Waals surface area contributed by atoms with Crippen LogP contribution < -0.4 is 0 Å². The number of hydrogen-bond acceptors (Lipinski definition) is 8. The van der Waals surface area contributed by atoms with Gasteiger partial charge in [-0.3, -0.25) is 14.4 Å². The van der Waals surface area contributed by atoms with Gasteiger partial charge in [-0.05, 0) is 6.42 Å². The third kappa shape index (κ3) is 7.95. The van der Waals surface area contributed by atoms with E-state index in [2.05, 4.69) is 40.7 Å². The molecule has 2 unspecified atom stereocenters. The van der Waals surface area contributed by atoms with Gasteiger partial charge in [0.25, 0.3) is 0 Å². The molecule has 0 saturated heterocycles. The van der Waals surface area contributed by atoms with Crippen LogP contribution in [-0.2, 0) is 38.4 Å². The van der Waals surface area contributed by atoms with Gasteiger partial charge in [0.2, 0.25) is 0 Å². The SMILES string of the molecule is C=COOCCC(C(=O)OC=C)C(CC(=O)OC=C)C(=O)OC=C. The number of hydrogen-bond donors (Lipinski definition) is 0. The van der Waals surface area contributed by atoms with E-state index in [1.54, 1.807) is 0 Å². The highest BCUT2D eigenvalue weighted by Crippen LogP contribution is 2.24. The summed E-state index contributed by atoms with van der Waals surface area (Å²) in [6, 6.07) is 0. The van der Waals surface area contributed by atoms with E-state index in [0.717, 1.165) is 25.0 Å². The van der Waals surface area contributed by atoms with Crippen molar-refractivity contribution in [2.45, 2.75) is 12.8 Å². The molecule has 0 amide bonds. The van der Waals surface area contributed by atoms with E-state index in [1.807, 2.05) is 0 Å². The number of ether oxygens (including phenoxy) is 3. The molecular formula is C16H20O8. The lowest BCUT2D eigenvalue weighted by Gasteiger charge is -2.22. The van der Waals surface area contributed by atoms with Gasteiger partial charge in [0.05, 0.1) is 43.6 Å². The highest BCUT2D eigenvalue weighted by Gasteiger charge is 2.37. The van der Waals surface area contributed by atoms with Gasteiger partial charge in [-0.15, -0.1) is 0 Å². The Morgan fingerprint density at radius 1 is 0.792 bits per heavy atom. The fourth-order valence-electron chi connectivity index (χ4n) is 1.80. The molecule has 0 N–H and O–H groups in total. The van der Waals surface area contributed by atoms with Crippen LogP contribution in [0, 0.1) is 11.8 Å². The van der Waals surface area contributed by atoms with Crippen molar-refractivity contribution in [1.29, 1.82) is 0 Å². The predicted molar refractivity (Wildman–Crippen MR) is 82.3 cm³/mol. The van der Waals surface area contributed by atoms with Crippen molar-refractivity contribution >= 4 is 17.9 Å². The molecule has 0 aliphatic rings. The maximum atomic E-state index is 12.1. The first kappa shape index (κ1) is 21.1. The van der Waals surface area contributed by atoms with Crippen LogP contribution >= 0.6 is 0 Å². The lowest BCUT2D eigenvalue weighted by atomic mass is 9.87. The normalized spacial score (nSPS) is 12.0. The molecule has 0 aliphatic heterocycles.